The topological polar surface area (TPSA) is 84.9 Å². The van der Waals surface area contributed by atoms with Crippen molar-refractivity contribution in [1.82, 2.24) is 5.32 Å². The Kier molecular flexibility index (Phi) is 5.28. The summed E-state index contributed by atoms with van der Waals surface area (Å²) in [6.45, 7) is 2.15. The molecule has 0 unspecified atom stereocenters. The third-order valence-corrected chi connectivity index (χ3v) is 4.15. The lowest BCUT2D eigenvalue weighted by Crippen LogP contribution is -2.54. The van der Waals surface area contributed by atoms with Crippen molar-refractivity contribution in [2.75, 3.05) is 19.8 Å². The number of halogens is 2. The van der Waals surface area contributed by atoms with Gasteiger partial charge < -0.3 is 19.9 Å². The van der Waals surface area contributed by atoms with E-state index in [4.69, 9.17) is 32.7 Å². The third kappa shape index (κ3) is 3.52. The summed E-state index contributed by atoms with van der Waals surface area (Å²) in [4.78, 5) is 23.9. The van der Waals surface area contributed by atoms with Gasteiger partial charge in [-0.3, -0.25) is 4.79 Å². The molecule has 1 saturated heterocycles. The number of carbonyl (C=O) groups is 2. The van der Waals surface area contributed by atoms with Crippen LogP contribution in [-0.4, -0.2) is 42.9 Å². The molecule has 0 radical (unpaired) electrons. The molecule has 0 aromatic heterocycles. The molecular weight excluding hydrogens is 333 g/mol. The first-order valence-corrected chi connectivity index (χ1v) is 7.30. The van der Waals surface area contributed by atoms with Crippen molar-refractivity contribution in [3.8, 4) is 0 Å². The van der Waals surface area contributed by atoms with Crippen LogP contribution in [0.5, 0.6) is 0 Å². The van der Waals surface area contributed by atoms with Gasteiger partial charge in [-0.2, -0.15) is 0 Å². The van der Waals surface area contributed by atoms with Crippen molar-refractivity contribution in [1.29, 1.82) is 0 Å². The largest absolute Gasteiger partial charge is 0.479 e. The number of hydrogen-bond donors (Lipinski definition) is 2. The summed E-state index contributed by atoms with van der Waals surface area (Å²) in [7, 11) is 0. The molecule has 0 aliphatic carbocycles. The molecule has 8 heteroatoms. The first-order valence-electron chi connectivity index (χ1n) is 6.55. The number of nitrogens with one attached hydrogen (secondary N) is 1. The highest BCUT2D eigenvalue weighted by molar-refractivity contribution is 6.42. The highest BCUT2D eigenvalue weighted by Crippen LogP contribution is 2.29. The number of carboxylic acid groups (broad SMARTS) is 1. The van der Waals surface area contributed by atoms with E-state index < -0.39 is 23.5 Å². The maximum Gasteiger partial charge on any atom is 0.333 e. The number of rotatable bonds is 4. The van der Waals surface area contributed by atoms with E-state index in [1.54, 1.807) is 0 Å². The first kappa shape index (κ1) is 17.0. The van der Waals surface area contributed by atoms with Crippen molar-refractivity contribution in [3.05, 3.63) is 33.8 Å². The Hall–Kier alpha value is -1.34. The second-order valence-electron chi connectivity index (χ2n) is 4.98. The van der Waals surface area contributed by atoms with Crippen LogP contribution in [0.15, 0.2) is 18.2 Å². The fourth-order valence-corrected chi connectivity index (χ4v) is 2.32. The van der Waals surface area contributed by atoms with Crippen molar-refractivity contribution in [2.24, 2.45) is 0 Å². The predicted molar refractivity (Wildman–Crippen MR) is 80.2 cm³/mol. The molecule has 1 amide bonds. The van der Waals surface area contributed by atoms with Crippen LogP contribution in [0.3, 0.4) is 0 Å². The van der Waals surface area contributed by atoms with Crippen LogP contribution in [0, 0.1) is 0 Å². The van der Waals surface area contributed by atoms with Gasteiger partial charge in [0.15, 0.2) is 11.6 Å². The lowest BCUT2D eigenvalue weighted by atomic mass is 9.91. The molecular formula is C14H15Cl2NO5. The number of benzene rings is 1. The molecule has 2 N–H and O–H groups in total. The predicted octanol–water partition coefficient (Wildman–Crippen LogP) is 1.82. The summed E-state index contributed by atoms with van der Waals surface area (Å²) in [6.07, 6.45) is -0.838. The zero-order chi connectivity index (χ0) is 16.3. The van der Waals surface area contributed by atoms with Crippen LogP contribution in [0.4, 0.5) is 0 Å². The molecule has 2 rings (SSSR count). The molecule has 6 nitrogen and oxygen atoms in total. The van der Waals surface area contributed by atoms with E-state index in [0.29, 0.717) is 17.2 Å². The van der Waals surface area contributed by atoms with E-state index in [-0.39, 0.29) is 18.2 Å². The standard InChI is InChI=1S/C14H15Cl2NO5/c1-14(13(19)20,8-2-3-9(15)10(16)6-8)17-12(18)11-7-21-4-5-22-11/h2-3,6,11H,4-5,7H2,1H3,(H,17,18)(H,19,20)/t11-,14-/m0/s1. The smallest absolute Gasteiger partial charge is 0.333 e. The summed E-state index contributed by atoms with van der Waals surface area (Å²) in [5.74, 6) is -1.79. The highest BCUT2D eigenvalue weighted by atomic mass is 35.5. The van der Waals surface area contributed by atoms with E-state index in [2.05, 4.69) is 5.32 Å². The maximum absolute atomic E-state index is 12.2. The zero-order valence-electron chi connectivity index (χ0n) is 11.8. The summed E-state index contributed by atoms with van der Waals surface area (Å²) >= 11 is 11.8. The van der Waals surface area contributed by atoms with Gasteiger partial charge in [-0.25, -0.2) is 4.79 Å². The van der Waals surface area contributed by atoms with Gasteiger partial charge in [0.05, 0.1) is 29.9 Å². The van der Waals surface area contributed by atoms with Gasteiger partial charge in [-0.05, 0) is 24.6 Å². The highest BCUT2D eigenvalue weighted by Gasteiger charge is 2.39. The van der Waals surface area contributed by atoms with Crippen molar-refractivity contribution in [3.63, 3.8) is 0 Å². The fourth-order valence-electron chi connectivity index (χ4n) is 2.02. The van der Waals surface area contributed by atoms with E-state index >= 15 is 0 Å². The lowest BCUT2D eigenvalue weighted by Gasteiger charge is -2.30. The Morgan fingerprint density at radius 2 is 2.05 bits per heavy atom. The van der Waals surface area contributed by atoms with Gasteiger partial charge in [0.1, 0.15) is 0 Å². The molecule has 1 fully saturated rings. The van der Waals surface area contributed by atoms with Crippen LogP contribution in [-0.2, 0) is 24.6 Å². The molecule has 1 aliphatic heterocycles. The van der Waals surface area contributed by atoms with Crippen LogP contribution >= 0.6 is 23.2 Å². The summed E-state index contributed by atoms with van der Waals surface area (Å²) in [5.41, 5.74) is -1.36. The summed E-state index contributed by atoms with van der Waals surface area (Å²) in [5, 5.41) is 12.5. The normalized spacial score (nSPS) is 21.0. The van der Waals surface area contributed by atoms with Crippen molar-refractivity contribution < 1.29 is 24.2 Å². The Morgan fingerprint density at radius 3 is 2.59 bits per heavy atom. The molecule has 1 heterocycles. The molecule has 1 aromatic rings. The maximum atomic E-state index is 12.2. The minimum absolute atomic E-state index is 0.0862. The van der Waals surface area contributed by atoms with Gasteiger partial charge in [-0.1, -0.05) is 29.3 Å². The first-order chi connectivity index (χ1) is 10.3. The Morgan fingerprint density at radius 1 is 1.32 bits per heavy atom. The van der Waals surface area contributed by atoms with Gasteiger partial charge in [0.25, 0.3) is 5.91 Å². The Bertz CT molecular complexity index is 589. The van der Waals surface area contributed by atoms with Crippen LogP contribution in [0.25, 0.3) is 0 Å². The molecule has 2 atom stereocenters. The monoisotopic (exact) mass is 347 g/mol. The van der Waals surface area contributed by atoms with E-state index in [1.165, 1.54) is 25.1 Å². The molecule has 0 spiro atoms. The molecule has 1 aliphatic rings. The number of carboxylic acids is 1. The summed E-state index contributed by atoms with van der Waals surface area (Å²) < 4.78 is 10.4. The second kappa shape index (κ2) is 6.83. The molecule has 120 valence electrons. The number of ether oxygens (including phenoxy) is 2. The Labute approximate surface area is 137 Å². The Balaban J connectivity index is 2.25. The lowest BCUT2D eigenvalue weighted by molar-refractivity contribution is -0.156. The second-order valence-corrected chi connectivity index (χ2v) is 5.80. The minimum Gasteiger partial charge on any atom is -0.479 e. The molecule has 22 heavy (non-hydrogen) atoms. The average molecular weight is 348 g/mol. The average Bonchev–Trinajstić information content (AvgIpc) is 2.50. The van der Waals surface area contributed by atoms with Crippen molar-refractivity contribution in [2.45, 2.75) is 18.6 Å². The van der Waals surface area contributed by atoms with Crippen LogP contribution in [0.1, 0.15) is 12.5 Å². The van der Waals surface area contributed by atoms with Crippen LogP contribution < -0.4 is 5.32 Å². The van der Waals surface area contributed by atoms with Crippen LogP contribution in [0.2, 0.25) is 10.0 Å². The molecule has 0 saturated carbocycles. The number of carbonyl (C=O) groups excluding carboxylic acids is 1. The number of amides is 1. The number of aliphatic carboxylic acids is 1. The summed E-state index contributed by atoms with van der Waals surface area (Å²) in [6, 6.07) is 4.39. The van der Waals surface area contributed by atoms with Gasteiger partial charge in [-0.15, -0.1) is 0 Å². The zero-order valence-corrected chi connectivity index (χ0v) is 13.3. The minimum atomic E-state index is -1.66. The fraction of sp³-hybridized carbons (Fsp3) is 0.429. The van der Waals surface area contributed by atoms with Crippen molar-refractivity contribution >= 4 is 35.1 Å². The van der Waals surface area contributed by atoms with E-state index in [1.807, 2.05) is 0 Å². The van der Waals surface area contributed by atoms with Gasteiger partial charge >= 0.3 is 5.97 Å². The number of hydrogen-bond acceptors (Lipinski definition) is 4. The SMILES string of the molecule is C[C@@](NC(=O)[C@@H]1COCCO1)(C(=O)O)c1ccc(Cl)c(Cl)c1. The quantitative estimate of drug-likeness (QED) is 0.867. The third-order valence-electron chi connectivity index (χ3n) is 3.41. The van der Waals surface area contributed by atoms with E-state index in [9.17, 15) is 14.7 Å². The molecule has 1 aromatic carbocycles. The van der Waals surface area contributed by atoms with E-state index in [0.717, 1.165) is 0 Å². The molecule has 0 bridgehead atoms. The van der Waals surface area contributed by atoms with Gasteiger partial charge in [0.2, 0.25) is 0 Å². The van der Waals surface area contributed by atoms with Gasteiger partial charge in [0, 0.05) is 0 Å².